The molecule has 0 spiro atoms. The molecule has 0 aromatic heterocycles. The highest BCUT2D eigenvalue weighted by molar-refractivity contribution is 9.12. The Balaban J connectivity index is 1.88. The van der Waals surface area contributed by atoms with E-state index in [1.165, 1.54) is 12.8 Å². The van der Waals surface area contributed by atoms with E-state index < -0.39 is 0 Å². The van der Waals surface area contributed by atoms with E-state index in [4.69, 9.17) is 4.74 Å². The van der Waals surface area contributed by atoms with Crippen molar-refractivity contribution in [2.75, 3.05) is 6.61 Å². The zero-order valence-electron chi connectivity index (χ0n) is 8.08. The van der Waals surface area contributed by atoms with Gasteiger partial charge in [0.05, 0.1) is 6.61 Å². The molecule has 0 unspecified atom stereocenters. The first-order valence-electron chi connectivity index (χ1n) is 5.07. The first kappa shape index (κ1) is 9.97. The fraction of sp³-hybridized carbons (Fsp3) is 0.545. The molecule has 0 aromatic rings. The van der Waals surface area contributed by atoms with Crippen LogP contribution >= 0.6 is 15.9 Å². The molecular formula is C11H14BrNO. The van der Waals surface area contributed by atoms with Crippen molar-refractivity contribution >= 4 is 22.1 Å². The van der Waals surface area contributed by atoms with Crippen LogP contribution in [0, 0.1) is 5.92 Å². The molecule has 1 aliphatic carbocycles. The Kier molecular flexibility index (Phi) is 3.40. The van der Waals surface area contributed by atoms with Crippen molar-refractivity contribution in [2.45, 2.75) is 25.7 Å². The van der Waals surface area contributed by atoms with Crippen LogP contribution in [0.5, 0.6) is 0 Å². The summed E-state index contributed by atoms with van der Waals surface area (Å²) in [7, 11) is 0. The fourth-order valence-electron chi connectivity index (χ4n) is 1.24. The Bertz CT molecular complexity index is 290. The molecule has 0 radical (unpaired) electrons. The van der Waals surface area contributed by atoms with Gasteiger partial charge in [0.1, 0.15) is 0 Å². The monoisotopic (exact) mass is 255 g/mol. The molecule has 76 valence electrons. The molecule has 0 bridgehead atoms. The van der Waals surface area contributed by atoms with Gasteiger partial charge < -0.3 is 4.74 Å². The third-order valence-electron chi connectivity index (χ3n) is 2.30. The van der Waals surface area contributed by atoms with Gasteiger partial charge in [0.2, 0.25) is 5.88 Å². The standard InChI is InChI=1S/C11H14BrNO/c12-10-3-1-2-4-11(13-7-10)14-8-9-5-6-9/h3-4,7,9H,1-2,5-6,8H2. The normalized spacial score (nSPS) is 22.1. The van der Waals surface area contributed by atoms with Crippen LogP contribution in [0.25, 0.3) is 0 Å². The minimum absolute atomic E-state index is 0.780. The van der Waals surface area contributed by atoms with Crippen LogP contribution in [0.3, 0.4) is 0 Å². The average Bonchev–Trinajstić information content (AvgIpc) is 2.95. The highest BCUT2D eigenvalue weighted by Crippen LogP contribution is 2.29. The lowest BCUT2D eigenvalue weighted by molar-refractivity contribution is 0.196. The second-order valence-corrected chi connectivity index (χ2v) is 4.64. The third-order valence-corrected chi connectivity index (χ3v) is 2.83. The summed E-state index contributed by atoms with van der Waals surface area (Å²) < 4.78 is 6.65. The molecule has 14 heavy (non-hydrogen) atoms. The van der Waals surface area contributed by atoms with Gasteiger partial charge in [0.25, 0.3) is 0 Å². The van der Waals surface area contributed by atoms with E-state index in [0.717, 1.165) is 35.7 Å². The van der Waals surface area contributed by atoms with Crippen LogP contribution in [0.2, 0.25) is 0 Å². The number of aliphatic imine (C=N–C) groups is 1. The smallest absolute Gasteiger partial charge is 0.209 e. The van der Waals surface area contributed by atoms with Gasteiger partial charge in [-0.2, -0.15) is 0 Å². The highest BCUT2D eigenvalue weighted by Gasteiger charge is 2.22. The lowest BCUT2D eigenvalue weighted by Crippen LogP contribution is -1.96. The molecule has 0 aromatic carbocycles. The van der Waals surface area contributed by atoms with Gasteiger partial charge in [-0.1, -0.05) is 6.08 Å². The number of hydrogen-bond donors (Lipinski definition) is 0. The molecule has 1 saturated carbocycles. The molecular weight excluding hydrogens is 242 g/mol. The maximum Gasteiger partial charge on any atom is 0.209 e. The molecule has 2 rings (SSSR count). The summed E-state index contributed by atoms with van der Waals surface area (Å²) in [6.45, 7) is 0.838. The summed E-state index contributed by atoms with van der Waals surface area (Å²) in [6.07, 6.45) is 10.7. The topological polar surface area (TPSA) is 21.6 Å². The number of hydrogen-bond acceptors (Lipinski definition) is 2. The van der Waals surface area contributed by atoms with E-state index in [2.05, 4.69) is 33.1 Å². The third kappa shape index (κ3) is 3.29. The lowest BCUT2D eigenvalue weighted by Gasteiger charge is -2.06. The van der Waals surface area contributed by atoms with E-state index in [0.29, 0.717) is 0 Å². The summed E-state index contributed by atoms with van der Waals surface area (Å²) >= 11 is 3.42. The van der Waals surface area contributed by atoms with Crippen molar-refractivity contribution < 1.29 is 4.74 Å². The lowest BCUT2D eigenvalue weighted by atomic mass is 10.2. The van der Waals surface area contributed by atoms with E-state index in [9.17, 15) is 0 Å². The van der Waals surface area contributed by atoms with Crippen molar-refractivity contribution in [3.8, 4) is 0 Å². The zero-order valence-corrected chi connectivity index (χ0v) is 9.66. The van der Waals surface area contributed by atoms with Gasteiger partial charge in [-0.25, -0.2) is 4.99 Å². The summed E-state index contributed by atoms with van der Waals surface area (Å²) in [4.78, 5) is 4.26. The van der Waals surface area contributed by atoms with Crippen LogP contribution in [0.4, 0.5) is 0 Å². The van der Waals surface area contributed by atoms with Crippen LogP contribution < -0.4 is 0 Å². The quantitative estimate of drug-likeness (QED) is 0.758. The predicted molar refractivity (Wildman–Crippen MR) is 61.5 cm³/mol. The minimum atomic E-state index is 0.780. The fourth-order valence-corrected chi connectivity index (χ4v) is 1.57. The summed E-state index contributed by atoms with van der Waals surface area (Å²) in [5.74, 6) is 1.57. The Morgan fingerprint density at radius 1 is 1.36 bits per heavy atom. The molecule has 0 saturated heterocycles. The second kappa shape index (κ2) is 4.78. The Morgan fingerprint density at radius 2 is 2.14 bits per heavy atom. The Hall–Kier alpha value is -0.570. The number of rotatable bonds is 3. The summed E-state index contributed by atoms with van der Waals surface area (Å²) in [5.41, 5.74) is 0. The van der Waals surface area contributed by atoms with E-state index in [1.54, 1.807) is 6.21 Å². The number of allylic oxidation sites excluding steroid dienone is 3. The molecule has 1 fully saturated rings. The molecule has 3 heteroatoms. The van der Waals surface area contributed by atoms with Crippen molar-refractivity contribution in [2.24, 2.45) is 10.9 Å². The Labute approximate surface area is 92.9 Å². The van der Waals surface area contributed by atoms with Crippen molar-refractivity contribution in [3.63, 3.8) is 0 Å². The van der Waals surface area contributed by atoms with Gasteiger partial charge in [-0.05, 0) is 53.6 Å². The molecule has 0 amide bonds. The first-order chi connectivity index (χ1) is 6.84. The van der Waals surface area contributed by atoms with Gasteiger partial charge in [-0.3, -0.25) is 0 Å². The van der Waals surface area contributed by atoms with Gasteiger partial charge in [-0.15, -0.1) is 0 Å². The molecule has 0 atom stereocenters. The van der Waals surface area contributed by atoms with E-state index in [1.807, 2.05) is 0 Å². The number of halogens is 1. The number of nitrogens with zero attached hydrogens (tertiary/aromatic N) is 1. The molecule has 2 nitrogen and oxygen atoms in total. The summed E-state index contributed by atoms with van der Waals surface area (Å²) in [6, 6.07) is 0. The van der Waals surface area contributed by atoms with Crippen LogP contribution in [0.15, 0.2) is 27.5 Å². The van der Waals surface area contributed by atoms with Gasteiger partial charge in [0.15, 0.2) is 0 Å². The average molecular weight is 256 g/mol. The van der Waals surface area contributed by atoms with Crippen LogP contribution in [-0.2, 0) is 4.74 Å². The van der Waals surface area contributed by atoms with Crippen molar-refractivity contribution in [3.05, 3.63) is 22.5 Å². The predicted octanol–water partition coefficient (Wildman–Crippen LogP) is 3.40. The molecule has 0 N–H and O–H groups in total. The largest absolute Gasteiger partial charge is 0.478 e. The van der Waals surface area contributed by atoms with Gasteiger partial charge >= 0.3 is 0 Å². The minimum Gasteiger partial charge on any atom is -0.478 e. The first-order valence-corrected chi connectivity index (χ1v) is 5.86. The van der Waals surface area contributed by atoms with Gasteiger partial charge in [0, 0.05) is 10.7 Å². The highest BCUT2D eigenvalue weighted by atomic mass is 79.9. The zero-order chi connectivity index (χ0) is 9.80. The Morgan fingerprint density at radius 3 is 2.93 bits per heavy atom. The van der Waals surface area contributed by atoms with Crippen molar-refractivity contribution in [1.82, 2.24) is 0 Å². The SMILES string of the molecule is BrC1=CCCC=C(OCC2CC2)N=C1. The molecule has 2 aliphatic rings. The summed E-state index contributed by atoms with van der Waals surface area (Å²) in [5, 5.41) is 0. The molecule has 1 heterocycles. The van der Waals surface area contributed by atoms with E-state index in [-0.39, 0.29) is 0 Å². The number of ether oxygens (including phenoxy) is 1. The van der Waals surface area contributed by atoms with Crippen molar-refractivity contribution in [1.29, 1.82) is 0 Å². The van der Waals surface area contributed by atoms with E-state index >= 15 is 0 Å². The maximum atomic E-state index is 5.61. The molecule has 1 aliphatic heterocycles. The maximum absolute atomic E-state index is 5.61. The van der Waals surface area contributed by atoms with Crippen LogP contribution in [-0.4, -0.2) is 12.8 Å². The second-order valence-electron chi connectivity index (χ2n) is 3.72. The van der Waals surface area contributed by atoms with Crippen LogP contribution in [0.1, 0.15) is 25.7 Å².